The van der Waals surface area contributed by atoms with E-state index in [1.165, 1.54) is 27.8 Å². The fourth-order valence-electron chi connectivity index (χ4n) is 2.94. The predicted molar refractivity (Wildman–Crippen MR) is 96.0 cm³/mol. The molecular formula is C19H21N3O4. The van der Waals surface area contributed by atoms with Gasteiger partial charge >= 0.3 is 0 Å². The molecule has 1 aliphatic heterocycles. The summed E-state index contributed by atoms with van der Waals surface area (Å²) >= 11 is 0. The van der Waals surface area contributed by atoms with Crippen LogP contribution >= 0.6 is 0 Å². The summed E-state index contributed by atoms with van der Waals surface area (Å²) in [7, 11) is 3.20. The maximum atomic E-state index is 12.6. The first kappa shape index (κ1) is 17.7. The molecule has 0 saturated carbocycles. The average molecular weight is 355 g/mol. The molecule has 0 N–H and O–H groups in total. The largest absolute Gasteiger partial charge is 0.497 e. The Labute approximate surface area is 151 Å². The number of amides is 2. The fourth-order valence-corrected chi connectivity index (χ4v) is 2.94. The zero-order valence-corrected chi connectivity index (χ0v) is 14.8. The lowest BCUT2D eigenvalue weighted by Crippen LogP contribution is -2.51. The van der Waals surface area contributed by atoms with Crippen LogP contribution in [0.5, 0.6) is 5.75 Å². The van der Waals surface area contributed by atoms with Crippen molar-refractivity contribution in [1.29, 1.82) is 0 Å². The van der Waals surface area contributed by atoms with E-state index in [1.807, 2.05) is 24.3 Å². The number of pyridine rings is 1. The van der Waals surface area contributed by atoms with Gasteiger partial charge < -0.3 is 19.1 Å². The minimum absolute atomic E-state index is 0.0334. The molecule has 136 valence electrons. The van der Waals surface area contributed by atoms with Crippen molar-refractivity contribution in [3.63, 3.8) is 0 Å². The number of rotatable bonds is 4. The van der Waals surface area contributed by atoms with Gasteiger partial charge in [-0.05, 0) is 23.8 Å². The summed E-state index contributed by atoms with van der Waals surface area (Å²) in [4.78, 5) is 39.8. The van der Waals surface area contributed by atoms with Gasteiger partial charge in [-0.3, -0.25) is 14.4 Å². The molecule has 1 fully saturated rings. The molecule has 7 heteroatoms. The van der Waals surface area contributed by atoms with Crippen LogP contribution in [0.4, 0.5) is 0 Å². The number of hydrogen-bond acceptors (Lipinski definition) is 4. The van der Waals surface area contributed by atoms with Gasteiger partial charge in [-0.1, -0.05) is 12.1 Å². The van der Waals surface area contributed by atoms with Crippen LogP contribution in [0.3, 0.4) is 0 Å². The third-order valence-electron chi connectivity index (χ3n) is 4.45. The lowest BCUT2D eigenvalue weighted by atomic mass is 10.1. The van der Waals surface area contributed by atoms with Gasteiger partial charge in [0.05, 0.1) is 12.7 Å². The molecule has 3 rings (SSSR count). The van der Waals surface area contributed by atoms with E-state index in [2.05, 4.69) is 0 Å². The Morgan fingerprint density at radius 1 is 1.15 bits per heavy atom. The number of hydrogen-bond donors (Lipinski definition) is 0. The van der Waals surface area contributed by atoms with E-state index in [9.17, 15) is 14.4 Å². The summed E-state index contributed by atoms with van der Waals surface area (Å²) < 4.78 is 6.56. The van der Waals surface area contributed by atoms with E-state index in [-0.39, 0.29) is 23.9 Å². The van der Waals surface area contributed by atoms with Crippen LogP contribution in [-0.4, -0.2) is 52.9 Å². The Balaban J connectivity index is 1.66. The molecule has 1 saturated heterocycles. The molecule has 0 bridgehead atoms. The first-order valence-electron chi connectivity index (χ1n) is 8.34. The Hall–Kier alpha value is -3.09. The number of benzene rings is 1. The van der Waals surface area contributed by atoms with Crippen LogP contribution in [0.15, 0.2) is 47.4 Å². The number of carbonyl (C=O) groups excluding carboxylic acids is 2. The van der Waals surface area contributed by atoms with E-state index < -0.39 is 0 Å². The third-order valence-corrected chi connectivity index (χ3v) is 4.45. The highest BCUT2D eigenvalue weighted by Crippen LogP contribution is 2.16. The minimum Gasteiger partial charge on any atom is -0.497 e. The molecule has 0 radical (unpaired) electrons. The van der Waals surface area contributed by atoms with Gasteiger partial charge in [-0.25, -0.2) is 0 Å². The van der Waals surface area contributed by atoms with Crippen molar-refractivity contribution in [2.24, 2.45) is 7.05 Å². The maximum Gasteiger partial charge on any atom is 0.255 e. The summed E-state index contributed by atoms with van der Waals surface area (Å²) in [5.74, 6) is 0.408. The number of carbonyl (C=O) groups is 2. The molecule has 7 nitrogen and oxygen atoms in total. The van der Waals surface area contributed by atoms with E-state index in [4.69, 9.17) is 4.74 Å². The molecule has 1 aliphatic rings. The topological polar surface area (TPSA) is 71.8 Å². The van der Waals surface area contributed by atoms with Crippen molar-refractivity contribution >= 4 is 11.8 Å². The van der Waals surface area contributed by atoms with Gasteiger partial charge in [0, 0.05) is 38.9 Å². The zero-order chi connectivity index (χ0) is 18.7. The molecule has 0 aliphatic carbocycles. The minimum atomic E-state index is -0.241. The molecule has 1 aromatic carbocycles. The molecule has 2 aromatic rings. The second-order valence-electron chi connectivity index (χ2n) is 6.26. The van der Waals surface area contributed by atoms with Gasteiger partial charge in [0.15, 0.2) is 0 Å². The van der Waals surface area contributed by atoms with Crippen LogP contribution in [-0.2, 0) is 18.4 Å². The van der Waals surface area contributed by atoms with E-state index in [1.54, 1.807) is 19.1 Å². The van der Waals surface area contributed by atoms with Crippen molar-refractivity contribution in [3.8, 4) is 5.75 Å². The molecule has 0 unspecified atom stereocenters. The summed E-state index contributed by atoms with van der Waals surface area (Å²) in [5, 5.41) is 0. The van der Waals surface area contributed by atoms with Gasteiger partial charge in [0.25, 0.3) is 5.91 Å². The molecule has 26 heavy (non-hydrogen) atoms. The normalized spacial score (nSPS) is 14.5. The van der Waals surface area contributed by atoms with Crippen molar-refractivity contribution in [2.45, 2.75) is 6.54 Å². The summed E-state index contributed by atoms with van der Waals surface area (Å²) in [5.41, 5.74) is 1.21. The Kier molecular flexibility index (Phi) is 5.06. The van der Waals surface area contributed by atoms with E-state index in [0.29, 0.717) is 25.2 Å². The lowest BCUT2D eigenvalue weighted by molar-refractivity contribution is -0.135. The van der Waals surface area contributed by atoms with E-state index >= 15 is 0 Å². The van der Waals surface area contributed by atoms with Gasteiger partial charge in [0.1, 0.15) is 12.3 Å². The number of piperazine rings is 1. The standard InChI is InChI=1S/C19H21N3O4/c1-20-12-15(6-7-17(20)23)19(25)22-9-8-21(18(24)13-22)11-14-4-3-5-16(10-14)26-2/h3-7,10,12H,8-9,11,13H2,1-2H3. The van der Waals surface area contributed by atoms with E-state index in [0.717, 1.165) is 11.3 Å². The Morgan fingerprint density at radius 2 is 1.96 bits per heavy atom. The predicted octanol–water partition coefficient (Wildman–Crippen LogP) is 0.878. The van der Waals surface area contributed by atoms with Gasteiger partial charge in [0.2, 0.25) is 11.5 Å². The van der Waals surface area contributed by atoms with Crippen LogP contribution < -0.4 is 10.3 Å². The number of methoxy groups -OCH3 is 1. The summed E-state index contributed by atoms with van der Waals surface area (Å²) in [6.07, 6.45) is 1.50. The third kappa shape index (κ3) is 3.77. The Bertz CT molecular complexity index is 890. The van der Waals surface area contributed by atoms with Crippen molar-refractivity contribution in [1.82, 2.24) is 14.4 Å². The molecule has 2 amide bonds. The van der Waals surface area contributed by atoms with Crippen molar-refractivity contribution in [3.05, 3.63) is 64.1 Å². The number of nitrogens with zero attached hydrogens (tertiary/aromatic N) is 3. The molecule has 2 heterocycles. The van der Waals surface area contributed by atoms with Crippen LogP contribution in [0, 0.1) is 0 Å². The smallest absolute Gasteiger partial charge is 0.255 e. The highest BCUT2D eigenvalue weighted by molar-refractivity contribution is 5.96. The average Bonchev–Trinajstić information content (AvgIpc) is 2.65. The Morgan fingerprint density at radius 3 is 2.65 bits per heavy atom. The first-order valence-corrected chi connectivity index (χ1v) is 8.34. The SMILES string of the molecule is COc1cccc(CN2CCN(C(=O)c3ccc(=O)n(C)c3)CC2=O)c1. The number of ether oxygens (including phenoxy) is 1. The fraction of sp³-hybridized carbons (Fsp3) is 0.316. The van der Waals surface area contributed by atoms with Gasteiger partial charge in [-0.15, -0.1) is 0 Å². The quantitative estimate of drug-likeness (QED) is 0.816. The highest BCUT2D eigenvalue weighted by Gasteiger charge is 2.28. The van der Waals surface area contributed by atoms with Crippen molar-refractivity contribution in [2.75, 3.05) is 26.7 Å². The molecule has 0 atom stereocenters. The molecule has 0 spiro atoms. The van der Waals surface area contributed by atoms with Crippen LogP contribution in [0.25, 0.3) is 0 Å². The summed E-state index contributed by atoms with van der Waals surface area (Å²) in [6.45, 7) is 1.44. The first-order chi connectivity index (χ1) is 12.5. The second-order valence-corrected chi connectivity index (χ2v) is 6.26. The zero-order valence-electron chi connectivity index (χ0n) is 14.8. The maximum absolute atomic E-state index is 12.6. The van der Waals surface area contributed by atoms with Crippen LogP contribution in [0.2, 0.25) is 0 Å². The molecular weight excluding hydrogens is 334 g/mol. The number of aryl methyl sites for hydroxylation is 1. The van der Waals surface area contributed by atoms with Crippen LogP contribution in [0.1, 0.15) is 15.9 Å². The monoisotopic (exact) mass is 355 g/mol. The van der Waals surface area contributed by atoms with Crippen molar-refractivity contribution < 1.29 is 14.3 Å². The second kappa shape index (κ2) is 7.43. The summed E-state index contributed by atoms with van der Waals surface area (Å²) in [6, 6.07) is 10.4. The lowest BCUT2D eigenvalue weighted by Gasteiger charge is -2.34. The number of aromatic nitrogens is 1. The molecule has 1 aromatic heterocycles. The highest BCUT2D eigenvalue weighted by atomic mass is 16.5. The van der Waals surface area contributed by atoms with Gasteiger partial charge in [-0.2, -0.15) is 0 Å².